The lowest BCUT2D eigenvalue weighted by molar-refractivity contribution is -0.148. The number of hydrazine groups is 1. The standard InChI is InChI=1S/C16H23N3O4S/c1-12(20)17-14-6-4-13(5-7-14)10-16(21)19(18(2)3)15-8-9-24(22,23)11-15/h4-7,15H,8-11H2,1-3H3,(H,17,20)/t15-/m0/s1. The second-order valence-electron chi connectivity index (χ2n) is 6.20. The van der Waals surface area contributed by atoms with E-state index in [9.17, 15) is 18.0 Å². The van der Waals surface area contributed by atoms with E-state index in [1.54, 1.807) is 43.4 Å². The maximum atomic E-state index is 12.6. The highest BCUT2D eigenvalue weighted by molar-refractivity contribution is 7.91. The molecule has 0 unspecified atom stereocenters. The first-order valence-corrected chi connectivity index (χ1v) is 9.56. The Hall–Kier alpha value is -1.93. The van der Waals surface area contributed by atoms with Crippen molar-refractivity contribution in [1.29, 1.82) is 0 Å². The predicted molar refractivity (Wildman–Crippen MR) is 92.0 cm³/mol. The lowest BCUT2D eigenvalue weighted by atomic mass is 10.1. The normalized spacial score (nSPS) is 19.2. The molecule has 0 spiro atoms. The van der Waals surface area contributed by atoms with Gasteiger partial charge in [0.15, 0.2) is 9.84 Å². The van der Waals surface area contributed by atoms with Crippen LogP contribution in [0.15, 0.2) is 24.3 Å². The van der Waals surface area contributed by atoms with E-state index in [-0.39, 0.29) is 35.8 Å². The number of nitrogens with zero attached hydrogens (tertiary/aromatic N) is 2. The van der Waals surface area contributed by atoms with Gasteiger partial charge in [0.25, 0.3) is 0 Å². The Morgan fingerprint density at radius 1 is 1.21 bits per heavy atom. The monoisotopic (exact) mass is 353 g/mol. The second-order valence-corrected chi connectivity index (χ2v) is 8.43. The number of amides is 2. The summed E-state index contributed by atoms with van der Waals surface area (Å²) < 4.78 is 23.4. The number of nitrogens with one attached hydrogen (secondary N) is 1. The molecule has 2 amide bonds. The van der Waals surface area contributed by atoms with Gasteiger partial charge in [0.1, 0.15) is 0 Å². The van der Waals surface area contributed by atoms with Gasteiger partial charge in [-0.25, -0.2) is 13.4 Å². The summed E-state index contributed by atoms with van der Waals surface area (Å²) in [7, 11) is 0.419. The van der Waals surface area contributed by atoms with E-state index in [0.29, 0.717) is 12.1 Å². The van der Waals surface area contributed by atoms with Crippen molar-refractivity contribution >= 4 is 27.3 Å². The number of carbonyl (C=O) groups excluding carboxylic acids is 2. The van der Waals surface area contributed by atoms with E-state index >= 15 is 0 Å². The molecule has 132 valence electrons. The molecule has 1 N–H and O–H groups in total. The fraction of sp³-hybridized carbons (Fsp3) is 0.500. The molecule has 1 heterocycles. The van der Waals surface area contributed by atoms with Gasteiger partial charge >= 0.3 is 0 Å². The van der Waals surface area contributed by atoms with Crippen LogP contribution in [0.2, 0.25) is 0 Å². The summed E-state index contributed by atoms with van der Waals surface area (Å²) in [4.78, 5) is 23.6. The van der Waals surface area contributed by atoms with Crippen LogP contribution in [-0.2, 0) is 25.8 Å². The van der Waals surface area contributed by atoms with Crippen LogP contribution in [0.5, 0.6) is 0 Å². The van der Waals surface area contributed by atoms with Crippen LogP contribution in [0.4, 0.5) is 5.69 Å². The van der Waals surface area contributed by atoms with Crippen LogP contribution in [0.25, 0.3) is 0 Å². The topological polar surface area (TPSA) is 86.8 Å². The number of benzene rings is 1. The van der Waals surface area contributed by atoms with Gasteiger partial charge < -0.3 is 5.32 Å². The molecule has 1 saturated heterocycles. The first kappa shape index (κ1) is 18.4. The third-order valence-electron chi connectivity index (χ3n) is 3.87. The Labute approximate surface area is 142 Å². The minimum Gasteiger partial charge on any atom is -0.326 e. The predicted octanol–water partition coefficient (Wildman–Crippen LogP) is 0.680. The van der Waals surface area contributed by atoms with Crippen LogP contribution >= 0.6 is 0 Å². The van der Waals surface area contributed by atoms with Gasteiger partial charge in [-0.2, -0.15) is 0 Å². The summed E-state index contributed by atoms with van der Waals surface area (Å²) in [6, 6.07) is 6.73. The highest BCUT2D eigenvalue weighted by Crippen LogP contribution is 2.20. The molecule has 2 rings (SSSR count). The first-order chi connectivity index (χ1) is 11.2. The minimum atomic E-state index is -3.06. The lowest BCUT2D eigenvalue weighted by Gasteiger charge is -2.33. The zero-order valence-electron chi connectivity index (χ0n) is 14.2. The summed E-state index contributed by atoms with van der Waals surface area (Å²) in [5.74, 6) is -0.159. The molecule has 0 bridgehead atoms. The van der Waals surface area contributed by atoms with Crippen molar-refractivity contribution in [3.63, 3.8) is 0 Å². The van der Waals surface area contributed by atoms with Gasteiger partial charge in [-0.15, -0.1) is 0 Å². The number of rotatable bonds is 5. The Bertz CT molecular complexity index is 713. The highest BCUT2D eigenvalue weighted by atomic mass is 32.2. The molecule has 0 radical (unpaired) electrons. The number of anilines is 1. The zero-order valence-corrected chi connectivity index (χ0v) is 15.0. The Morgan fingerprint density at radius 3 is 2.29 bits per heavy atom. The molecule has 1 aliphatic heterocycles. The molecule has 1 aromatic carbocycles. The van der Waals surface area contributed by atoms with Crippen molar-refractivity contribution in [2.24, 2.45) is 0 Å². The molecular weight excluding hydrogens is 330 g/mol. The molecule has 0 saturated carbocycles. The van der Waals surface area contributed by atoms with Gasteiger partial charge in [-0.3, -0.25) is 14.6 Å². The third-order valence-corrected chi connectivity index (χ3v) is 5.62. The van der Waals surface area contributed by atoms with Gasteiger partial charge in [0.05, 0.1) is 24.0 Å². The average molecular weight is 353 g/mol. The number of hydrogen-bond donors (Lipinski definition) is 1. The van der Waals surface area contributed by atoms with Crippen molar-refractivity contribution in [3.05, 3.63) is 29.8 Å². The van der Waals surface area contributed by atoms with E-state index in [1.807, 2.05) is 0 Å². The van der Waals surface area contributed by atoms with Crippen molar-refractivity contribution in [2.75, 3.05) is 30.9 Å². The lowest BCUT2D eigenvalue weighted by Crippen LogP contribution is -2.49. The fourth-order valence-electron chi connectivity index (χ4n) is 2.89. The molecule has 1 fully saturated rings. The molecule has 1 atom stereocenters. The SMILES string of the molecule is CC(=O)Nc1ccc(CC(=O)N([C@H]2CCS(=O)(=O)C2)N(C)C)cc1. The van der Waals surface area contributed by atoms with E-state index in [4.69, 9.17) is 0 Å². The molecule has 1 aromatic rings. The molecule has 24 heavy (non-hydrogen) atoms. The van der Waals surface area contributed by atoms with E-state index in [0.717, 1.165) is 5.56 Å². The van der Waals surface area contributed by atoms with E-state index in [2.05, 4.69) is 5.32 Å². The van der Waals surface area contributed by atoms with Gasteiger partial charge in [-0.05, 0) is 24.1 Å². The summed E-state index contributed by atoms with van der Waals surface area (Å²) >= 11 is 0. The maximum Gasteiger partial charge on any atom is 0.241 e. The first-order valence-electron chi connectivity index (χ1n) is 7.74. The molecule has 1 aliphatic rings. The van der Waals surface area contributed by atoms with Crippen molar-refractivity contribution in [1.82, 2.24) is 10.0 Å². The summed E-state index contributed by atoms with van der Waals surface area (Å²) in [6.45, 7) is 1.43. The summed E-state index contributed by atoms with van der Waals surface area (Å²) in [5, 5.41) is 5.86. The number of carbonyl (C=O) groups is 2. The van der Waals surface area contributed by atoms with Crippen LogP contribution < -0.4 is 5.32 Å². The van der Waals surface area contributed by atoms with Crippen molar-refractivity contribution in [2.45, 2.75) is 25.8 Å². The van der Waals surface area contributed by atoms with Gasteiger partial charge in [-0.1, -0.05) is 12.1 Å². The van der Waals surface area contributed by atoms with Crippen LogP contribution in [0, 0.1) is 0 Å². The highest BCUT2D eigenvalue weighted by Gasteiger charge is 2.35. The van der Waals surface area contributed by atoms with Crippen LogP contribution in [0.3, 0.4) is 0 Å². The fourth-order valence-corrected chi connectivity index (χ4v) is 4.58. The molecule has 0 aromatic heterocycles. The molecular formula is C16H23N3O4S. The van der Waals surface area contributed by atoms with E-state index in [1.165, 1.54) is 11.9 Å². The average Bonchev–Trinajstić information content (AvgIpc) is 2.80. The number of sulfone groups is 1. The zero-order chi connectivity index (χ0) is 17.9. The quantitative estimate of drug-likeness (QED) is 0.787. The van der Waals surface area contributed by atoms with Crippen molar-refractivity contribution < 1.29 is 18.0 Å². The summed E-state index contributed by atoms with van der Waals surface area (Å²) in [6.07, 6.45) is 0.642. The second kappa shape index (κ2) is 7.31. The van der Waals surface area contributed by atoms with Crippen LogP contribution in [0.1, 0.15) is 18.9 Å². The maximum absolute atomic E-state index is 12.6. The smallest absolute Gasteiger partial charge is 0.241 e. The van der Waals surface area contributed by atoms with E-state index < -0.39 is 9.84 Å². The molecule has 0 aliphatic carbocycles. The Balaban J connectivity index is 2.07. The Morgan fingerprint density at radius 2 is 1.83 bits per heavy atom. The third kappa shape index (κ3) is 4.78. The molecule has 8 heteroatoms. The minimum absolute atomic E-state index is 0.0123. The van der Waals surface area contributed by atoms with Crippen molar-refractivity contribution in [3.8, 4) is 0 Å². The largest absolute Gasteiger partial charge is 0.326 e. The summed E-state index contributed by atoms with van der Waals surface area (Å²) in [5.41, 5.74) is 1.48. The van der Waals surface area contributed by atoms with Gasteiger partial charge in [0.2, 0.25) is 11.8 Å². The Kier molecular flexibility index (Phi) is 5.61. The van der Waals surface area contributed by atoms with Crippen LogP contribution in [-0.4, -0.2) is 61.9 Å². The molecule has 7 nitrogen and oxygen atoms in total. The van der Waals surface area contributed by atoms with Gasteiger partial charge in [0, 0.05) is 26.7 Å². The number of hydrogen-bond acceptors (Lipinski definition) is 5.